The number of H-pyrrole nitrogens is 1. The van der Waals surface area contributed by atoms with E-state index in [0.29, 0.717) is 17.2 Å². The van der Waals surface area contributed by atoms with Crippen molar-refractivity contribution >= 4 is 17.7 Å². The molecular weight excluding hydrogens is 362 g/mol. The number of fused-ring (bicyclic) bond motifs is 1. The molecule has 0 spiro atoms. The van der Waals surface area contributed by atoms with E-state index in [9.17, 15) is 14.4 Å². The maximum absolute atomic E-state index is 12.4. The van der Waals surface area contributed by atoms with Crippen molar-refractivity contribution in [2.45, 2.75) is 19.3 Å². The van der Waals surface area contributed by atoms with E-state index < -0.39 is 5.97 Å². The first-order valence-electron chi connectivity index (χ1n) is 8.61. The third kappa shape index (κ3) is 2.96. The van der Waals surface area contributed by atoms with Crippen LogP contribution in [-0.4, -0.2) is 39.0 Å². The van der Waals surface area contributed by atoms with Gasteiger partial charge < -0.3 is 10.1 Å². The molecule has 0 unspecified atom stereocenters. The van der Waals surface area contributed by atoms with Crippen LogP contribution >= 0.6 is 0 Å². The number of amides is 1. The van der Waals surface area contributed by atoms with Gasteiger partial charge in [-0.25, -0.2) is 9.89 Å². The fourth-order valence-corrected chi connectivity index (χ4v) is 3.42. The number of aryl methyl sites for hydroxylation is 1. The number of anilines is 1. The van der Waals surface area contributed by atoms with Crippen molar-refractivity contribution in [3.05, 3.63) is 69.1 Å². The number of hydrogen-bond acceptors (Lipinski definition) is 6. The van der Waals surface area contributed by atoms with Crippen LogP contribution in [0.5, 0.6) is 0 Å². The first-order valence-corrected chi connectivity index (χ1v) is 8.61. The Morgan fingerprint density at radius 1 is 1.18 bits per heavy atom. The quantitative estimate of drug-likeness (QED) is 0.666. The Labute approximate surface area is 159 Å². The molecule has 9 nitrogen and oxygen atoms in total. The number of methoxy groups -OCH3 is 1. The number of esters is 1. The van der Waals surface area contributed by atoms with Crippen LogP contribution in [0.4, 0.5) is 5.82 Å². The average molecular weight is 379 g/mol. The van der Waals surface area contributed by atoms with E-state index >= 15 is 0 Å². The van der Waals surface area contributed by atoms with E-state index in [4.69, 9.17) is 4.74 Å². The molecule has 2 N–H and O–H groups in total. The molecule has 28 heavy (non-hydrogen) atoms. The lowest BCUT2D eigenvalue weighted by molar-refractivity contribution is -0.116. The van der Waals surface area contributed by atoms with Crippen molar-refractivity contribution < 1.29 is 14.3 Å². The molecule has 9 heteroatoms. The zero-order valence-electron chi connectivity index (χ0n) is 15.2. The minimum absolute atomic E-state index is 0.153. The average Bonchev–Trinajstić information content (AvgIpc) is 3.03. The molecular formula is C19H17N5O4. The van der Waals surface area contributed by atoms with Crippen LogP contribution in [-0.2, 0) is 9.53 Å². The van der Waals surface area contributed by atoms with Crippen LogP contribution in [0.3, 0.4) is 0 Å². The Hall–Kier alpha value is -3.75. The van der Waals surface area contributed by atoms with Gasteiger partial charge in [-0.1, -0.05) is 12.1 Å². The van der Waals surface area contributed by atoms with E-state index in [1.54, 1.807) is 12.1 Å². The highest BCUT2D eigenvalue weighted by Gasteiger charge is 2.33. The number of rotatable bonds is 3. The number of ether oxygens (including phenoxy) is 1. The Morgan fingerprint density at radius 3 is 2.57 bits per heavy atom. The smallest absolute Gasteiger partial charge is 0.337 e. The number of aromatic amines is 1. The van der Waals surface area contributed by atoms with Gasteiger partial charge in [-0.2, -0.15) is 14.9 Å². The number of aromatic nitrogens is 4. The molecule has 1 atom stereocenters. The standard InChI is InChI=1S/C19H17N5O4/c1-10-17-13(11-3-5-12(6-4-11)19(27)28-2)9-16(26)20-18(17)24(23-10)14-7-8-15(25)22-21-14/h3-8,13H,9H2,1-2H3,(H,20,26)(H,22,25)/t13-/m1/s1. The summed E-state index contributed by atoms with van der Waals surface area (Å²) in [5, 5.41) is 13.7. The van der Waals surface area contributed by atoms with Crippen molar-refractivity contribution in [2.75, 3.05) is 12.4 Å². The first kappa shape index (κ1) is 17.7. The maximum Gasteiger partial charge on any atom is 0.337 e. The topological polar surface area (TPSA) is 119 Å². The molecule has 4 rings (SSSR count). The van der Waals surface area contributed by atoms with Gasteiger partial charge in [-0.3, -0.25) is 9.59 Å². The summed E-state index contributed by atoms with van der Waals surface area (Å²) in [5.41, 5.74) is 2.62. The summed E-state index contributed by atoms with van der Waals surface area (Å²) >= 11 is 0. The van der Waals surface area contributed by atoms with Crippen LogP contribution in [0.1, 0.15) is 39.5 Å². The van der Waals surface area contributed by atoms with Crippen molar-refractivity contribution in [2.24, 2.45) is 0 Å². The summed E-state index contributed by atoms with van der Waals surface area (Å²) in [5.74, 6) is 0.134. The van der Waals surface area contributed by atoms with Crippen LogP contribution in [0.15, 0.2) is 41.2 Å². The third-order valence-electron chi connectivity index (χ3n) is 4.72. The largest absolute Gasteiger partial charge is 0.465 e. The van der Waals surface area contributed by atoms with Gasteiger partial charge in [-0.05, 0) is 30.7 Å². The van der Waals surface area contributed by atoms with Crippen molar-refractivity contribution in [1.29, 1.82) is 0 Å². The van der Waals surface area contributed by atoms with Gasteiger partial charge >= 0.3 is 5.97 Å². The molecule has 0 bridgehead atoms. The number of nitrogens with one attached hydrogen (secondary N) is 2. The summed E-state index contributed by atoms with van der Waals surface area (Å²) in [6.45, 7) is 1.86. The number of nitrogens with zero attached hydrogens (tertiary/aromatic N) is 3. The summed E-state index contributed by atoms with van der Waals surface area (Å²) < 4.78 is 6.23. The summed E-state index contributed by atoms with van der Waals surface area (Å²) in [6, 6.07) is 9.86. The second kappa shape index (κ2) is 6.76. The fourth-order valence-electron chi connectivity index (χ4n) is 3.42. The molecule has 0 radical (unpaired) electrons. The molecule has 1 aromatic carbocycles. The summed E-state index contributed by atoms with van der Waals surface area (Å²) in [4.78, 5) is 35.3. The van der Waals surface area contributed by atoms with Gasteiger partial charge in [0.15, 0.2) is 5.82 Å². The summed E-state index contributed by atoms with van der Waals surface area (Å²) in [6.07, 6.45) is 0.260. The van der Waals surface area contributed by atoms with Crippen molar-refractivity contribution in [3.8, 4) is 5.82 Å². The van der Waals surface area contributed by atoms with Crippen LogP contribution < -0.4 is 10.9 Å². The molecule has 1 aliphatic rings. The van der Waals surface area contributed by atoms with Gasteiger partial charge in [0.05, 0.1) is 18.4 Å². The molecule has 0 saturated heterocycles. The first-order chi connectivity index (χ1) is 13.5. The fraction of sp³-hybridized carbons (Fsp3) is 0.211. The Morgan fingerprint density at radius 2 is 1.93 bits per heavy atom. The molecule has 0 aliphatic carbocycles. The van der Waals surface area contributed by atoms with Crippen LogP contribution in [0.25, 0.3) is 5.82 Å². The maximum atomic E-state index is 12.4. The molecule has 3 heterocycles. The zero-order chi connectivity index (χ0) is 19.8. The van der Waals surface area contributed by atoms with Gasteiger partial charge in [-0.15, -0.1) is 0 Å². The Balaban J connectivity index is 1.79. The molecule has 0 saturated carbocycles. The molecule has 1 amide bonds. The van der Waals surface area contributed by atoms with Gasteiger partial charge in [0.25, 0.3) is 5.56 Å². The number of carbonyl (C=O) groups is 2. The highest BCUT2D eigenvalue weighted by Crippen LogP contribution is 2.39. The summed E-state index contributed by atoms with van der Waals surface area (Å²) in [7, 11) is 1.33. The van der Waals surface area contributed by atoms with E-state index in [-0.39, 0.29) is 23.8 Å². The van der Waals surface area contributed by atoms with E-state index in [0.717, 1.165) is 16.8 Å². The van der Waals surface area contributed by atoms with Crippen molar-refractivity contribution in [3.63, 3.8) is 0 Å². The van der Waals surface area contributed by atoms with E-state index in [1.807, 2.05) is 19.1 Å². The molecule has 142 valence electrons. The predicted molar refractivity (Wildman–Crippen MR) is 99.6 cm³/mol. The zero-order valence-corrected chi connectivity index (χ0v) is 15.2. The second-order valence-electron chi connectivity index (χ2n) is 6.46. The normalized spacial score (nSPS) is 15.6. The number of benzene rings is 1. The third-order valence-corrected chi connectivity index (χ3v) is 4.72. The Kier molecular flexibility index (Phi) is 4.26. The Bertz CT molecular complexity index is 1110. The molecule has 1 aliphatic heterocycles. The minimum Gasteiger partial charge on any atom is -0.465 e. The minimum atomic E-state index is -0.415. The molecule has 0 fully saturated rings. The highest BCUT2D eigenvalue weighted by molar-refractivity contribution is 5.95. The monoisotopic (exact) mass is 379 g/mol. The lowest BCUT2D eigenvalue weighted by Gasteiger charge is -2.24. The highest BCUT2D eigenvalue weighted by atomic mass is 16.5. The van der Waals surface area contributed by atoms with Gasteiger partial charge in [0, 0.05) is 24.0 Å². The second-order valence-corrected chi connectivity index (χ2v) is 6.46. The lowest BCUT2D eigenvalue weighted by Crippen LogP contribution is -2.25. The van der Waals surface area contributed by atoms with Crippen molar-refractivity contribution in [1.82, 2.24) is 20.0 Å². The number of carbonyl (C=O) groups excluding carboxylic acids is 2. The SMILES string of the molecule is COC(=O)c1ccc([C@H]2CC(=O)Nc3c2c(C)nn3-c2ccc(=O)[nH]n2)cc1. The van der Waals surface area contributed by atoms with Gasteiger partial charge in [0.2, 0.25) is 5.91 Å². The van der Waals surface area contributed by atoms with Crippen LogP contribution in [0.2, 0.25) is 0 Å². The predicted octanol–water partition coefficient (Wildman–Crippen LogP) is 1.52. The van der Waals surface area contributed by atoms with Gasteiger partial charge in [0.1, 0.15) is 5.82 Å². The molecule has 2 aromatic heterocycles. The lowest BCUT2D eigenvalue weighted by atomic mass is 9.85. The number of hydrogen-bond donors (Lipinski definition) is 2. The van der Waals surface area contributed by atoms with E-state index in [2.05, 4.69) is 20.6 Å². The molecule has 3 aromatic rings. The van der Waals surface area contributed by atoms with E-state index in [1.165, 1.54) is 23.9 Å². The van der Waals surface area contributed by atoms with Crippen LogP contribution in [0, 0.1) is 6.92 Å².